The number of methoxy groups -OCH3 is 1. The SMILES string of the molecule is COc1cc(Nc2ccncc2)ccc1N. The van der Waals surface area contributed by atoms with E-state index in [-0.39, 0.29) is 0 Å². The average Bonchev–Trinajstić information content (AvgIpc) is 2.33. The van der Waals surface area contributed by atoms with Gasteiger partial charge in [-0.2, -0.15) is 0 Å². The van der Waals surface area contributed by atoms with Gasteiger partial charge in [0.2, 0.25) is 0 Å². The lowest BCUT2D eigenvalue weighted by Crippen LogP contribution is -1.95. The Bertz CT molecular complexity index is 471. The van der Waals surface area contributed by atoms with E-state index < -0.39 is 0 Å². The molecular weight excluding hydrogens is 202 g/mol. The molecule has 0 spiro atoms. The normalized spacial score (nSPS) is 9.81. The molecule has 4 heteroatoms. The van der Waals surface area contributed by atoms with E-state index in [1.54, 1.807) is 19.5 Å². The summed E-state index contributed by atoms with van der Waals surface area (Å²) in [6, 6.07) is 9.35. The number of anilines is 3. The van der Waals surface area contributed by atoms with Crippen LogP contribution in [0.5, 0.6) is 5.75 Å². The smallest absolute Gasteiger partial charge is 0.143 e. The number of ether oxygens (including phenoxy) is 1. The van der Waals surface area contributed by atoms with Gasteiger partial charge in [-0.15, -0.1) is 0 Å². The Morgan fingerprint density at radius 2 is 1.88 bits per heavy atom. The highest BCUT2D eigenvalue weighted by Crippen LogP contribution is 2.26. The average molecular weight is 215 g/mol. The Morgan fingerprint density at radius 1 is 1.12 bits per heavy atom. The molecule has 2 aromatic rings. The Labute approximate surface area is 94.1 Å². The first kappa shape index (κ1) is 10.3. The van der Waals surface area contributed by atoms with Gasteiger partial charge < -0.3 is 15.8 Å². The number of hydrogen-bond donors (Lipinski definition) is 2. The quantitative estimate of drug-likeness (QED) is 0.772. The minimum atomic E-state index is 0.628. The van der Waals surface area contributed by atoms with Gasteiger partial charge in [0, 0.05) is 29.8 Å². The third-order valence-electron chi connectivity index (χ3n) is 2.20. The zero-order valence-corrected chi connectivity index (χ0v) is 8.97. The molecule has 3 N–H and O–H groups in total. The molecule has 4 nitrogen and oxygen atoms in total. The summed E-state index contributed by atoms with van der Waals surface area (Å²) in [5, 5.41) is 3.23. The van der Waals surface area contributed by atoms with Gasteiger partial charge in [0.1, 0.15) is 5.75 Å². The summed E-state index contributed by atoms with van der Waals surface area (Å²) in [5.41, 5.74) is 8.26. The Morgan fingerprint density at radius 3 is 2.56 bits per heavy atom. The van der Waals surface area contributed by atoms with Gasteiger partial charge in [0.25, 0.3) is 0 Å². The molecule has 1 aromatic carbocycles. The molecule has 16 heavy (non-hydrogen) atoms. The maximum absolute atomic E-state index is 5.73. The van der Waals surface area contributed by atoms with Crippen molar-refractivity contribution >= 4 is 17.1 Å². The van der Waals surface area contributed by atoms with Gasteiger partial charge in [-0.1, -0.05) is 0 Å². The first-order chi connectivity index (χ1) is 7.79. The van der Waals surface area contributed by atoms with E-state index in [4.69, 9.17) is 10.5 Å². The predicted octanol–water partition coefficient (Wildman–Crippen LogP) is 2.42. The van der Waals surface area contributed by atoms with Crippen molar-refractivity contribution in [1.29, 1.82) is 0 Å². The molecule has 0 aliphatic carbocycles. The molecule has 0 radical (unpaired) electrons. The number of rotatable bonds is 3. The van der Waals surface area contributed by atoms with Crippen LogP contribution in [0.25, 0.3) is 0 Å². The van der Waals surface area contributed by atoms with Crippen LogP contribution in [0.2, 0.25) is 0 Å². The van der Waals surface area contributed by atoms with Gasteiger partial charge in [-0.25, -0.2) is 0 Å². The number of pyridine rings is 1. The number of nitrogens with zero attached hydrogens (tertiary/aromatic N) is 1. The highest BCUT2D eigenvalue weighted by Gasteiger charge is 2.00. The number of hydrogen-bond acceptors (Lipinski definition) is 4. The molecule has 0 aliphatic heterocycles. The van der Waals surface area contributed by atoms with Crippen molar-refractivity contribution < 1.29 is 4.74 Å². The second-order valence-electron chi connectivity index (χ2n) is 3.32. The van der Waals surface area contributed by atoms with E-state index in [9.17, 15) is 0 Å². The van der Waals surface area contributed by atoms with Crippen molar-refractivity contribution in [3.8, 4) is 5.75 Å². The van der Waals surface area contributed by atoms with Crippen molar-refractivity contribution in [3.63, 3.8) is 0 Å². The third-order valence-corrected chi connectivity index (χ3v) is 2.20. The first-order valence-corrected chi connectivity index (χ1v) is 4.90. The number of nitrogens with one attached hydrogen (secondary N) is 1. The summed E-state index contributed by atoms with van der Waals surface area (Å²) in [4.78, 5) is 3.95. The highest BCUT2D eigenvalue weighted by molar-refractivity contribution is 5.66. The van der Waals surface area contributed by atoms with E-state index in [0.717, 1.165) is 11.4 Å². The monoisotopic (exact) mass is 215 g/mol. The summed E-state index contributed by atoms with van der Waals surface area (Å²) in [5.74, 6) is 0.666. The van der Waals surface area contributed by atoms with Gasteiger partial charge in [-0.05, 0) is 24.3 Å². The van der Waals surface area contributed by atoms with Crippen molar-refractivity contribution in [2.45, 2.75) is 0 Å². The fraction of sp³-hybridized carbons (Fsp3) is 0.0833. The molecule has 82 valence electrons. The molecular formula is C12H13N3O. The van der Waals surface area contributed by atoms with Crippen LogP contribution < -0.4 is 15.8 Å². The molecule has 1 heterocycles. The van der Waals surface area contributed by atoms with Crippen LogP contribution >= 0.6 is 0 Å². The topological polar surface area (TPSA) is 60.2 Å². The molecule has 0 aliphatic rings. The molecule has 0 bridgehead atoms. The summed E-state index contributed by atoms with van der Waals surface area (Å²) >= 11 is 0. The van der Waals surface area contributed by atoms with E-state index in [1.807, 2.05) is 30.3 Å². The number of nitrogens with two attached hydrogens (primary N) is 1. The van der Waals surface area contributed by atoms with Gasteiger partial charge >= 0.3 is 0 Å². The summed E-state index contributed by atoms with van der Waals surface area (Å²) in [6.07, 6.45) is 3.47. The maximum Gasteiger partial charge on any atom is 0.143 e. The van der Waals surface area contributed by atoms with Gasteiger partial charge in [-0.3, -0.25) is 4.98 Å². The van der Waals surface area contributed by atoms with Crippen molar-refractivity contribution in [1.82, 2.24) is 4.98 Å². The molecule has 1 aromatic heterocycles. The van der Waals surface area contributed by atoms with Crippen molar-refractivity contribution in [2.24, 2.45) is 0 Å². The number of nitrogen functional groups attached to an aromatic ring is 1. The van der Waals surface area contributed by atoms with Crippen LogP contribution in [0.4, 0.5) is 17.1 Å². The molecule has 2 rings (SSSR count). The Kier molecular flexibility index (Phi) is 2.91. The van der Waals surface area contributed by atoms with Crippen LogP contribution in [0, 0.1) is 0 Å². The number of benzene rings is 1. The Hall–Kier alpha value is -2.23. The molecule has 0 amide bonds. The van der Waals surface area contributed by atoms with E-state index in [2.05, 4.69) is 10.3 Å². The fourth-order valence-corrected chi connectivity index (χ4v) is 1.39. The van der Waals surface area contributed by atoms with Gasteiger partial charge in [0.15, 0.2) is 0 Å². The first-order valence-electron chi connectivity index (χ1n) is 4.90. The lowest BCUT2D eigenvalue weighted by atomic mass is 10.2. The fourth-order valence-electron chi connectivity index (χ4n) is 1.39. The second-order valence-corrected chi connectivity index (χ2v) is 3.32. The van der Waals surface area contributed by atoms with Crippen LogP contribution in [0.3, 0.4) is 0 Å². The van der Waals surface area contributed by atoms with E-state index in [1.165, 1.54) is 0 Å². The molecule has 0 saturated heterocycles. The van der Waals surface area contributed by atoms with E-state index >= 15 is 0 Å². The van der Waals surface area contributed by atoms with Crippen LogP contribution in [0.1, 0.15) is 0 Å². The Balaban J connectivity index is 2.22. The van der Waals surface area contributed by atoms with Gasteiger partial charge in [0.05, 0.1) is 12.8 Å². The summed E-state index contributed by atoms with van der Waals surface area (Å²) in [6.45, 7) is 0. The highest BCUT2D eigenvalue weighted by atomic mass is 16.5. The van der Waals surface area contributed by atoms with E-state index in [0.29, 0.717) is 11.4 Å². The standard InChI is InChI=1S/C12H13N3O/c1-16-12-8-10(2-3-11(12)13)15-9-4-6-14-7-5-9/h2-8H,13H2,1H3,(H,14,15). The van der Waals surface area contributed by atoms with Crippen molar-refractivity contribution in [3.05, 3.63) is 42.7 Å². The zero-order chi connectivity index (χ0) is 11.4. The molecule has 0 unspecified atom stereocenters. The molecule has 0 fully saturated rings. The second kappa shape index (κ2) is 4.53. The van der Waals surface area contributed by atoms with Crippen LogP contribution in [-0.2, 0) is 0 Å². The third kappa shape index (κ3) is 2.23. The largest absolute Gasteiger partial charge is 0.495 e. The summed E-state index contributed by atoms with van der Waals surface area (Å²) in [7, 11) is 1.60. The molecule has 0 atom stereocenters. The molecule has 0 saturated carbocycles. The maximum atomic E-state index is 5.73. The minimum absolute atomic E-state index is 0.628. The lowest BCUT2D eigenvalue weighted by Gasteiger charge is -2.09. The van der Waals surface area contributed by atoms with Crippen LogP contribution in [0.15, 0.2) is 42.7 Å². The predicted molar refractivity (Wildman–Crippen MR) is 64.9 cm³/mol. The minimum Gasteiger partial charge on any atom is -0.495 e. The number of aromatic nitrogens is 1. The van der Waals surface area contributed by atoms with Crippen molar-refractivity contribution in [2.75, 3.05) is 18.2 Å². The lowest BCUT2D eigenvalue weighted by molar-refractivity contribution is 0.417. The zero-order valence-electron chi connectivity index (χ0n) is 8.97. The van der Waals surface area contributed by atoms with Crippen LogP contribution in [-0.4, -0.2) is 12.1 Å². The summed E-state index contributed by atoms with van der Waals surface area (Å²) < 4.78 is 5.15.